The summed E-state index contributed by atoms with van der Waals surface area (Å²) in [6.45, 7) is 10.5. The fourth-order valence-electron chi connectivity index (χ4n) is 4.50. The molecule has 0 spiro atoms. The van der Waals surface area contributed by atoms with Gasteiger partial charge in [-0.05, 0) is 37.5 Å². The number of fused-ring (bicyclic) bond motifs is 1. The maximum absolute atomic E-state index is 11.9. The van der Waals surface area contributed by atoms with Crippen LogP contribution in [0.3, 0.4) is 0 Å². The Labute approximate surface area is 176 Å². The van der Waals surface area contributed by atoms with E-state index < -0.39 is 23.5 Å². The van der Waals surface area contributed by atoms with Crippen LogP contribution in [-0.2, 0) is 19.1 Å². The van der Waals surface area contributed by atoms with Gasteiger partial charge in [-0.15, -0.1) is 11.8 Å². The second-order valence-corrected chi connectivity index (χ2v) is 11.4. The first kappa shape index (κ1) is 22.4. The van der Waals surface area contributed by atoms with Crippen molar-refractivity contribution in [1.29, 1.82) is 0 Å². The zero-order valence-electron chi connectivity index (χ0n) is 18.0. The maximum atomic E-state index is 11.9. The minimum absolute atomic E-state index is 0.00165. The van der Waals surface area contributed by atoms with E-state index in [4.69, 9.17) is 9.47 Å². The van der Waals surface area contributed by atoms with Crippen molar-refractivity contribution in [1.82, 2.24) is 0 Å². The summed E-state index contributed by atoms with van der Waals surface area (Å²) in [6.07, 6.45) is 1.72. The normalized spacial score (nSPS) is 35.7. The van der Waals surface area contributed by atoms with E-state index >= 15 is 0 Å². The summed E-state index contributed by atoms with van der Waals surface area (Å²) in [5.41, 5.74) is -0.539. The topological polar surface area (TPSA) is 105 Å². The number of carbonyl (C=O) groups excluding carboxylic acids is 1. The van der Waals surface area contributed by atoms with E-state index in [-0.39, 0.29) is 41.3 Å². The number of aliphatic hydroxyl groups is 1. The molecule has 2 N–H and O–H groups in total. The summed E-state index contributed by atoms with van der Waals surface area (Å²) >= 11 is 1.27. The molecule has 3 rings (SSSR count). The van der Waals surface area contributed by atoms with E-state index in [1.807, 2.05) is 6.92 Å². The molecule has 3 aliphatic rings. The van der Waals surface area contributed by atoms with Gasteiger partial charge in [0.25, 0.3) is 0 Å². The molecular weight excluding hydrogens is 394 g/mol. The molecule has 0 amide bonds. The standard InChI is InChI=1S/C21H33NO6S/c1-13-6-20(13,17(25)26)12-29-9-15(24)27-7-14(23)8-28-16-21(10-18(2,3)4)11-19(21,5)22-16/h13-14,23H,6-12H2,1-5H3,(H,25,26). The van der Waals surface area contributed by atoms with E-state index in [0.29, 0.717) is 18.1 Å². The molecule has 0 aromatic rings. The lowest BCUT2D eigenvalue weighted by Gasteiger charge is -2.35. The van der Waals surface area contributed by atoms with Crippen molar-refractivity contribution in [3.05, 3.63) is 0 Å². The Morgan fingerprint density at radius 3 is 2.48 bits per heavy atom. The van der Waals surface area contributed by atoms with E-state index in [0.717, 1.165) is 12.8 Å². The summed E-state index contributed by atoms with van der Waals surface area (Å²) < 4.78 is 10.8. The van der Waals surface area contributed by atoms with Crippen molar-refractivity contribution in [2.24, 2.45) is 27.2 Å². The molecule has 7 nitrogen and oxygen atoms in total. The predicted molar refractivity (Wildman–Crippen MR) is 111 cm³/mol. The van der Waals surface area contributed by atoms with Crippen LogP contribution in [0.5, 0.6) is 0 Å². The summed E-state index contributed by atoms with van der Waals surface area (Å²) in [6, 6.07) is 0. The number of carboxylic acid groups (broad SMARTS) is 1. The Bertz CT molecular complexity index is 718. The fourth-order valence-corrected chi connectivity index (χ4v) is 5.74. The van der Waals surface area contributed by atoms with Crippen LogP contribution in [0, 0.1) is 22.2 Å². The molecular formula is C21H33NO6S. The quantitative estimate of drug-likeness (QED) is 0.516. The van der Waals surface area contributed by atoms with Gasteiger partial charge in [-0.2, -0.15) is 0 Å². The van der Waals surface area contributed by atoms with Crippen LogP contribution in [0.15, 0.2) is 4.99 Å². The number of nitrogens with zero attached hydrogens (tertiary/aromatic N) is 1. The number of esters is 1. The third-order valence-electron chi connectivity index (χ3n) is 6.45. The van der Waals surface area contributed by atoms with Crippen molar-refractivity contribution < 1.29 is 29.3 Å². The first-order valence-electron chi connectivity index (χ1n) is 10.2. The van der Waals surface area contributed by atoms with Crippen LogP contribution in [0.1, 0.15) is 53.9 Å². The number of hydrogen-bond acceptors (Lipinski definition) is 7. The molecule has 29 heavy (non-hydrogen) atoms. The van der Waals surface area contributed by atoms with Crippen LogP contribution in [0.2, 0.25) is 0 Å². The van der Waals surface area contributed by atoms with Crippen molar-refractivity contribution >= 4 is 29.6 Å². The van der Waals surface area contributed by atoms with E-state index in [2.05, 4.69) is 32.7 Å². The predicted octanol–water partition coefficient (Wildman–Crippen LogP) is 2.75. The number of hydrogen-bond donors (Lipinski definition) is 2. The third-order valence-corrected chi connectivity index (χ3v) is 7.61. The van der Waals surface area contributed by atoms with Gasteiger partial charge in [0.15, 0.2) is 5.90 Å². The Hall–Kier alpha value is -1.28. The first-order chi connectivity index (χ1) is 13.3. The molecule has 2 saturated carbocycles. The van der Waals surface area contributed by atoms with Crippen LogP contribution in [0.25, 0.3) is 0 Å². The summed E-state index contributed by atoms with van der Waals surface area (Å²) in [7, 11) is 0. The molecule has 1 aliphatic heterocycles. The third kappa shape index (κ3) is 4.43. The van der Waals surface area contributed by atoms with Crippen LogP contribution >= 0.6 is 11.8 Å². The zero-order chi connectivity index (χ0) is 21.7. The number of aliphatic carboxylic acids is 1. The first-order valence-corrected chi connectivity index (χ1v) is 11.4. The minimum Gasteiger partial charge on any atom is -0.481 e. The van der Waals surface area contributed by atoms with Crippen LogP contribution in [-0.4, -0.2) is 64.4 Å². The Balaban J connectivity index is 1.33. The van der Waals surface area contributed by atoms with Crippen molar-refractivity contribution in [2.45, 2.75) is 65.5 Å². The molecule has 1 heterocycles. The van der Waals surface area contributed by atoms with Crippen molar-refractivity contribution in [3.8, 4) is 0 Å². The van der Waals surface area contributed by atoms with Gasteiger partial charge in [0.05, 0.1) is 22.1 Å². The Kier molecular flexibility index (Phi) is 5.75. The van der Waals surface area contributed by atoms with Gasteiger partial charge in [0.1, 0.15) is 19.3 Å². The van der Waals surface area contributed by atoms with Gasteiger partial charge >= 0.3 is 11.9 Å². The zero-order valence-corrected chi connectivity index (χ0v) is 18.8. The number of carbonyl (C=O) groups is 2. The molecule has 5 unspecified atom stereocenters. The number of carboxylic acids is 1. The maximum Gasteiger partial charge on any atom is 0.315 e. The molecule has 5 atom stereocenters. The van der Waals surface area contributed by atoms with Crippen LogP contribution < -0.4 is 0 Å². The highest BCUT2D eigenvalue weighted by molar-refractivity contribution is 8.00. The summed E-state index contributed by atoms with van der Waals surface area (Å²) in [5.74, 6) is 0.0877. The molecule has 2 aliphatic carbocycles. The lowest BCUT2D eigenvalue weighted by atomic mass is 9.78. The number of aliphatic hydroxyl groups excluding tert-OH is 1. The van der Waals surface area contributed by atoms with E-state index in [1.54, 1.807) is 0 Å². The summed E-state index contributed by atoms with van der Waals surface area (Å²) in [4.78, 5) is 27.7. The van der Waals surface area contributed by atoms with Gasteiger partial charge in [0, 0.05) is 5.75 Å². The molecule has 0 aromatic heterocycles. The van der Waals surface area contributed by atoms with Crippen molar-refractivity contribution in [3.63, 3.8) is 0 Å². The second-order valence-electron chi connectivity index (χ2n) is 10.4. The number of thioether (sulfide) groups is 1. The molecule has 8 heteroatoms. The summed E-state index contributed by atoms with van der Waals surface area (Å²) in [5, 5.41) is 19.4. The SMILES string of the molecule is CC1CC1(CSCC(=O)OCC(O)COC1=NC2(C)CC12CC(C)(C)C)C(=O)O. The molecule has 0 radical (unpaired) electrons. The largest absolute Gasteiger partial charge is 0.481 e. The Morgan fingerprint density at radius 2 is 2.00 bits per heavy atom. The van der Waals surface area contributed by atoms with Gasteiger partial charge < -0.3 is 19.7 Å². The highest BCUT2D eigenvalue weighted by Crippen LogP contribution is 2.70. The van der Waals surface area contributed by atoms with Gasteiger partial charge in [0.2, 0.25) is 0 Å². The molecule has 2 fully saturated rings. The lowest BCUT2D eigenvalue weighted by molar-refractivity contribution is -0.144. The van der Waals surface area contributed by atoms with E-state index in [1.165, 1.54) is 11.8 Å². The molecule has 0 saturated heterocycles. The van der Waals surface area contributed by atoms with Gasteiger partial charge in [-0.1, -0.05) is 27.7 Å². The fraction of sp³-hybridized carbons (Fsp3) is 0.857. The van der Waals surface area contributed by atoms with Gasteiger partial charge in [-0.25, -0.2) is 4.99 Å². The highest BCUT2D eigenvalue weighted by Gasteiger charge is 2.76. The lowest BCUT2D eigenvalue weighted by Crippen LogP contribution is -2.41. The monoisotopic (exact) mass is 427 g/mol. The van der Waals surface area contributed by atoms with Gasteiger partial charge in [-0.3, -0.25) is 9.59 Å². The Morgan fingerprint density at radius 1 is 1.34 bits per heavy atom. The average molecular weight is 428 g/mol. The highest BCUT2D eigenvalue weighted by atomic mass is 32.2. The van der Waals surface area contributed by atoms with E-state index in [9.17, 15) is 19.8 Å². The molecule has 0 aromatic carbocycles. The average Bonchev–Trinajstić information content (AvgIpc) is 3.38. The number of ether oxygens (including phenoxy) is 2. The number of aliphatic imine (C=N–C) groups is 1. The molecule has 164 valence electrons. The number of rotatable bonds is 10. The van der Waals surface area contributed by atoms with Crippen molar-refractivity contribution in [2.75, 3.05) is 24.7 Å². The molecule has 0 bridgehead atoms. The van der Waals surface area contributed by atoms with Crippen LogP contribution in [0.4, 0.5) is 0 Å². The minimum atomic E-state index is -0.919. The second kappa shape index (κ2) is 7.45. The smallest absolute Gasteiger partial charge is 0.315 e.